The molecule has 0 heterocycles. The Bertz CT molecular complexity index is 396. The summed E-state index contributed by atoms with van der Waals surface area (Å²) in [7, 11) is 4.86. The van der Waals surface area contributed by atoms with E-state index >= 15 is 0 Å². The van der Waals surface area contributed by atoms with Gasteiger partial charge in [-0.25, -0.2) is 0 Å². The number of benzene rings is 1. The van der Waals surface area contributed by atoms with Crippen LogP contribution in [0.1, 0.15) is 18.4 Å². The van der Waals surface area contributed by atoms with Crippen LogP contribution in [0.15, 0.2) is 18.2 Å². The smallest absolute Gasteiger partial charge is 0.128 e. The second-order valence-corrected chi connectivity index (χ2v) is 4.36. The van der Waals surface area contributed by atoms with E-state index < -0.39 is 5.60 Å². The molecule has 17 heavy (non-hydrogen) atoms. The molecule has 1 fully saturated rings. The van der Waals surface area contributed by atoms with Crippen LogP contribution in [-0.2, 0) is 10.3 Å². The van der Waals surface area contributed by atoms with Crippen LogP contribution in [0.2, 0.25) is 0 Å². The van der Waals surface area contributed by atoms with Crippen LogP contribution in [0.25, 0.3) is 0 Å². The Hall–Kier alpha value is -1.26. The molecule has 0 aromatic heterocycles. The molecule has 1 aromatic rings. The van der Waals surface area contributed by atoms with Crippen LogP contribution in [0, 0.1) is 0 Å². The first-order chi connectivity index (χ1) is 8.12. The van der Waals surface area contributed by atoms with Gasteiger partial charge in [0, 0.05) is 31.6 Å². The minimum Gasteiger partial charge on any atom is -0.497 e. The summed E-state index contributed by atoms with van der Waals surface area (Å²) >= 11 is 0. The second-order valence-electron chi connectivity index (χ2n) is 4.36. The molecule has 0 radical (unpaired) electrons. The third-order valence-electron chi connectivity index (χ3n) is 3.37. The van der Waals surface area contributed by atoms with Crippen molar-refractivity contribution < 1.29 is 19.3 Å². The van der Waals surface area contributed by atoms with Gasteiger partial charge in [-0.2, -0.15) is 0 Å². The highest BCUT2D eigenvalue weighted by Crippen LogP contribution is 2.46. The van der Waals surface area contributed by atoms with E-state index in [9.17, 15) is 5.11 Å². The van der Waals surface area contributed by atoms with Gasteiger partial charge in [-0.3, -0.25) is 0 Å². The molecular formula is C13H18O4. The Morgan fingerprint density at radius 3 is 2.41 bits per heavy atom. The van der Waals surface area contributed by atoms with E-state index in [1.807, 2.05) is 12.1 Å². The highest BCUT2D eigenvalue weighted by molar-refractivity contribution is 5.45. The van der Waals surface area contributed by atoms with Gasteiger partial charge in [0.15, 0.2) is 0 Å². The van der Waals surface area contributed by atoms with Gasteiger partial charge in [0.1, 0.15) is 11.5 Å². The van der Waals surface area contributed by atoms with Crippen LogP contribution in [0.5, 0.6) is 11.5 Å². The zero-order valence-electron chi connectivity index (χ0n) is 10.4. The summed E-state index contributed by atoms with van der Waals surface area (Å²) in [4.78, 5) is 0. The van der Waals surface area contributed by atoms with Crippen molar-refractivity contribution in [2.45, 2.75) is 24.5 Å². The fourth-order valence-corrected chi connectivity index (χ4v) is 2.26. The molecule has 0 aliphatic heterocycles. The van der Waals surface area contributed by atoms with E-state index in [1.54, 1.807) is 27.4 Å². The molecular weight excluding hydrogens is 220 g/mol. The van der Waals surface area contributed by atoms with Gasteiger partial charge in [0.05, 0.1) is 25.9 Å². The Morgan fingerprint density at radius 1 is 1.18 bits per heavy atom. The molecule has 1 saturated carbocycles. The third kappa shape index (κ3) is 2.10. The summed E-state index contributed by atoms with van der Waals surface area (Å²) in [6.07, 6.45) is 1.34. The summed E-state index contributed by atoms with van der Waals surface area (Å²) in [6, 6.07) is 5.47. The standard InChI is InChI=1S/C13H18O4/c1-15-9-4-5-11(12(6-9)17-3)13(14)7-10(8-13)16-2/h4-6,10,14H,7-8H2,1-3H3. The Balaban J connectivity index is 2.27. The molecule has 1 aromatic carbocycles. The van der Waals surface area contributed by atoms with Crippen LogP contribution in [0.3, 0.4) is 0 Å². The maximum Gasteiger partial charge on any atom is 0.128 e. The highest BCUT2D eigenvalue weighted by atomic mass is 16.5. The van der Waals surface area contributed by atoms with E-state index in [-0.39, 0.29) is 6.10 Å². The van der Waals surface area contributed by atoms with Gasteiger partial charge >= 0.3 is 0 Å². The summed E-state index contributed by atoms with van der Waals surface area (Å²) in [5.74, 6) is 1.37. The van der Waals surface area contributed by atoms with Gasteiger partial charge in [-0.1, -0.05) is 0 Å². The van der Waals surface area contributed by atoms with Crippen LogP contribution in [-0.4, -0.2) is 32.5 Å². The average molecular weight is 238 g/mol. The molecule has 0 amide bonds. The Labute approximate surface area is 101 Å². The van der Waals surface area contributed by atoms with E-state index in [4.69, 9.17) is 14.2 Å². The third-order valence-corrected chi connectivity index (χ3v) is 3.37. The number of rotatable bonds is 4. The van der Waals surface area contributed by atoms with Crippen molar-refractivity contribution in [3.05, 3.63) is 23.8 Å². The van der Waals surface area contributed by atoms with Gasteiger partial charge in [0.2, 0.25) is 0 Å². The van der Waals surface area contributed by atoms with Crippen LogP contribution < -0.4 is 9.47 Å². The van der Waals surface area contributed by atoms with E-state index in [2.05, 4.69) is 0 Å². The fourth-order valence-electron chi connectivity index (χ4n) is 2.26. The summed E-state index contributed by atoms with van der Waals surface area (Å²) in [5, 5.41) is 10.5. The molecule has 1 N–H and O–H groups in total. The molecule has 1 aliphatic carbocycles. The lowest BCUT2D eigenvalue weighted by Gasteiger charge is -2.43. The lowest BCUT2D eigenvalue weighted by molar-refractivity contribution is -0.133. The van der Waals surface area contributed by atoms with E-state index in [0.29, 0.717) is 18.6 Å². The number of hydrogen-bond acceptors (Lipinski definition) is 4. The predicted molar refractivity (Wildman–Crippen MR) is 63.5 cm³/mol. The number of methoxy groups -OCH3 is 3. The van der Waals surface area contributed by atoms with Crippen molar-refractivity contribution in [2.24, 2.45) is 0 Å². The molecule has 2 rings (SSSR count). The summed E-state index contributed by atoms with van der Waals surface area (Å²) < 4.78 is 15.6. The molecule has 4 heteroatoms. The van der Waals surface area contributed by atoms with Crippen molar-refractivity contribution in [1.29, 1.82) is 0 Å². The predicted octanol–water partition coefficient (Wildman–Crippen LogP) is 1.70. The Kier molecular flexibility index (Phi) is 3.26. The zero-order chi connectivity index (χ0) is 12.5. The van der Waals surface area contributed by atoms with Crippen molar-refractivity contribution in [3.8, 4) is 11.5 Å². The number of ether oxygens (including phenoxy) is 3. The van der Waals surface area contributed by atoms with Crippen LogP contribution >= 0.6 is 0 Å². The second kappa shape index (κ2) is 4.55. The molecule has 0 saturated heterocycles. The first-order valence-electron chi connectivity index (χ1n) is 5.60. The number of hydrogen-bond donors (Lipinski definition) is 1. The maximum atomic E-state index is 10.5. The fraction of sp³-hybridized carbons (Fsp3) is 0.538. The minimum absolute atomic E-state index is 0.131. The van der Waals surface area contributed by atoms with Crippen molar-refractivity contribution >= 4 is 0 Å². The monoisotopic (exact) mass is 238 g/mol. The van der Waals surface area contributed by atoms with Gasteiger partial charge < -0.3 is 19.3 Å². The quantitative estimate of drug-likeness (QED) is 0.867. The highest BCUT2D eigenvalue weighted by Gasteiger charge is 2.45. The van der Waals surface area contributed by atoms with Gasteiger partial charge in [-0.15, -0.1) is 0 Å². The Morgan fingerprint density at radius 2 is 1.88 bits per heavy atom. The molecule has 0 atom stereocenters. The van der Waals surface area contributed by atoms with Crippen LogP contribution in [0.4, 0.5) is 0 Å². The van der Waals surface area contributed by atoms with Crippen molar-refractivity contribution in [2.75, 3.05) is 21.3 Å². The largest absolute Gasteiger partial charge is 0.497 e. The van der Waals surface area contributed by atoms with E-state index in [1.165, 1.54) is 0 Å². The summed E-state index contributed by atoms with van der Waals surface area (Å²) in [5.41, 5.74) is -0.0349. The van der Waals surface area contributed by atoms with Gasteiger partial charge in [-0.05, 0) is 12.1 Å². The molecule has 0 bridgehead atoms. The van der Waals surface area contributed by atoms with Crippen molar-refractivity contribution in [3.63, 3.8) is 0 Å². The molecule has 0 unspecified atom stereocenters. The lowest BCUT2D eigenvalue weighted by atomic mass is 9.72. The maximum absolute atomic E-state index is 10.5. The zero-order valence-corrected chi connectivity index (χ0v) is 10.4. The van der Waals surface area contributed by atoms with E-state index in [0.717, 1.165) is 11.3 Å². The molecule has 4 nitrogen and oxygen atoms in total. The summed E-state index contributed by atoms with van der Waals surface area (Å²) in [6.45, 7) is 0. The SMILES string of the molecule is COc1ccc(C2(O)CC(OC)C2)c(OC)c1. The topological polar surface area (TPSA) is 47.9 Å². The minimum atomic E-state index is -0.835. The van der Waals surface area contributed by atoms with Crippen molar-refractivity contribution in [1.82, 2.24) is 0 Å². The molecule has 1 aliphatic rings. The molecule has 0 spiro atoms. The lowest BCUT2D eigenvalue weighted by Crippen LogP contribution is -2.45. The normalized spacial score (nSPS) is 27.4. The van der Waals surface area contributed by atoms with Gasteiger partial charge in [0.25, 0.3) is 0 Å². The average Bonchev–Trinajstić information content (AvgIpc) is 2.34. The first-order valence-corrected chi connectivity index (χ1v) is 5.60. The molecule has 94 valence electrons. The first kappa shape index (κ1) is 12.2. The number of aliphatic hydroxyl groups is 1.